The third kappa shape index (κ3) is 4.68. The van der Waals surface area contributed by atoms with E-state index in [0.717, 1.165) is 16.8 Å². The Labute approximate surface area is 121 Å². The number of hydrogen-bond acceptors (Lipinski definition) is 2. The van der Waals surface area contributed by atoms with Crippen LogP contribution >= 0.6 is 0 Å². The Kier molecular flexibility index (Phi) is 4.93. The van der Waals surface area contributed by atoms with E-state index in [4.69, 9.17) is 0 Å². The van der Waals surface area contributed by atoms with Gasteiger partial charge in [0.05, 0.1) is 0 Å². The van der Waals surface area contributed by atoms with E-state index in [-0.39, 0.29) is 11.8 Å². The van der Waals surface area contributed by atoms with Gasteiger partial charge in [0.15, 0.2) is 0 Å². The molecule has 0 fully saturated rings. The van der Waals surface area contributed by atoms with Crippen molar-refractivity contribution in [3.05, 3.63) is 29.3 Å². The summed E-state index contributed by atoms with van der Waals surface area (Å²) in [7, 11) is 0. The highest BCUT2D eigenvalue weighted by Crippen LogP contribution is 2.15. The van der Waals surface area contributed by atoms with Gasteiger partial charge in [0.2, 0.25) is 11.8 Å². The Bertz CT molecular complexity index is 495. The number of rotatable bonds is 3. The van der Waals surface area contributed by atoms with E-state index in [0.29, 0.717) is 0 Å². The molecule has 2 N–H and O–H groups in total. The van der Waals surface area contributed by atoms with E-state index in [9.17, 15) is 9.59 Å². The summed E-state index contributed by atoms with van der Waals surface area (Å²) in [5, 5.41) is 5.54. The van der Waals surface area contributed by atoms with Crippen molar-refractivity contribution < 1.29 is 9.59 Å². The maximum absolute atomic E-state index is 12.1. The smallest absolute Gasteiger partial charge is 0.246 e. The van der Waals surface area contributed by atoms with Crippen LogP contribution in [0.25, 0.3) is 0 Å². The molecule has 1 aromatic rings. The first-order chi connectivity index (χ1) is 9.09. The van der Waals surface area contributed by atoms with Gasteiger partial charge in [-0.2, -0.15) is 0 Å². The molecule has 110 valence electrons. The second kappa shape index (κ2) is 6.07. The molecule has 0 spiro atoms. The van der Waals surface area contributed by atoms with E-state index in [1.807, 2.05) is 52.8 Å². The van der Waals surface area contributed by atoms with Crippen LogP contribution in [0.4, 0.5) is 5.69 Å². The summed E-state index contributed by atoms with van der Waals surface area (Å²) in [5.74, 6) is -0.354. The Morgan fingerprint density at radius 1 is 1.05 bits per heavy atom. The van der Waals surface area contributed by atoms with Crippen molar-refractivity contribution in [2.24, 2.45) is 5.41 Å². The van der Waals surface area contributed by atoms with Gasteiger partial charge < -0.3 is 10.6 Å². The zero-order chi connectivity index (χ0) is 15.5. The lowest BCUT2D eigenvalue weighted by Crippen LogP contribution is -2.46. The van der Waals surface area contributed by atoms with Crippen LogP contribution in [0.2, 0.25) is 0 Å². The average molecular weight is 276 g/mol. The number of aryl methyl sites for hydroxylation is 2. The average Bonchev–Trinajstić information content (AvgIpc) is 2.25. The Morgan fingerprint density at radius 2 is 1.55 bits per heavy atom. The van der Waals surface area contributed by atoms with Crippen molar-refractivity contribution in [2.45, 2.75) is 47.6 Å². The summed E-state index contributed by atoms with van der Waals surface area (Å²) in [5.41, 5.74) is 2.43. The van der Waals surface area contributed by atoms with Gasteiger partial charge >= 0.3 is 0 Å². The highest BCUT2D eigenvalue weighted by Gasteiger charge is 2.25. The van der Waals surface area contributed by atoms with Crippen LogP contribution < -0.4 is 10.6 Å². The monoisotopic (exact) mass is 276 g/mol. The molecule has 2 amide bonds. The molecule has 0 unspecified atom stereocenters. The van der Waals surface area contributed by atoms with Gasteiger partial charge in [-0.05, 0) is 44.0 Å². The van der Waals surface area contributed by atoms with Gasteiger partial charge in [0.1, 0.15) is 6.04 Å². The standard InChI is InChI=1S/C16H24N2O2/c1-10-7-11(2)9-13(8-10)18-14(19)12(3)17-15(20)16(4,5)6/h7-9,12H,1-6H3,(H,17,20)(H,18,19)/t12-/m1/s1. The van der Waals surface area contributed by atoms with Crippen molar-refractivity contribution in [1.82, 2.24) is 5.32 Å². The Morgan fingerprint density at radius 3 is 2.00 bits per heavy atom. The molecule has 0 bridgehead atoms. The molecule has 20 heavy (non-hydrogen) atoms. The molecule has 4 heteroatoms. The predicted molar refractivity (Wildman–Crippen MR) is 81.6 cm³/mol. The van der Waals surface area contributed by atoms with E-state index in [2.05, 4.69) is 10.6 Å². The second-order valence-electron chi connectivity index (χ2n) is 6.31. The number of carbonyl (C=O) groups is 2. The second-order valence-corrected chi connectivity index (χ2v) is 6.31. The summed E-state index contributed by atoms with van der Waals surface area (Å²) in [6.07, 6.45) is 0. The van der Waals surface area contributed by atoms with Gasteiger partial charge in [-0.25, -0.2) is 0 Å². The van der Waals surface area contributed by atoms with Gasteiger partial charge in [-0.1, -0.05) is 26.8 Å². The molecule has 1 rings (SSSR count). The molecule has 1 atom stereocenters. The zero-order valence-corrected chi connectivity index (χ0v) is 13.1. The molecule has 0 aliphatic rings. The quantitative estimate of drug-likeness (QED) is 0.892. The summed E-state index contributed by atoms with van der Waals surface area (Å²) >= 11 is 0. The topological polar surface area (TPSA) is 58.2 Å². The van der Waals surface area contributed by atoms with Crippen LogP contribution in [-0.2, 0) is 9.59 Å². The first-order valence-corrected chi connectivity index (χ1v) is 6.79. The third-order valence-electron chi connectivity index (χ3n) is 2.91. The molecular formula is C16H24N2O2. The van der Waals surface area contributed by atoms with E-state index in [1.54, 1.807) is 6.92 Å². The number of nitrogens with one attached hydrogen (secondary N) is 2. The maximum Gasteiger partial charge on any atom is 0.246 e. The summed E-state index contributed by atoms with van der Waals surface area (Å²) < 4.78 is 0. The highest BCUT2D eigenvalue weighted by atomic mass is 16.2. The van der Waals surface area contributed by atoms with Crippen LogP contribution in [0.3, 0.4) is 0 Å². The van der Waals surface area contributed by atoms with Crippen molar-refractivity contribution in [2.75, 3.05) is 5.32 Å². The molecule has 0 heterocycles. The van der Waals surface area contributed by atoms with Crippen molar-refractivity contribution in [3.8, 4) is 0 Å². The predicted octanol–water partition coefficient (Wildman–Crippen LogP) is 2.79. The van der Waals surface area contributed by atoms with Crippen molar-refractivity contribution in [1.29, 1.82) is 0 Å². The van der Waals surface area contributed by atoms with Crippen LogP contribution in [0.15, 0.2) is 18.2 Å². The molecule has 1 aromatic carbocycles. The van der Waals surface area contributed by atoms with E-state index >= 15 is 0 Å². The van der Waals surface area contributed by atoms with E-state index in [1.165, 1.54) is 0 Å². The summed E-state index contributed by atoms with van der Waals surface area (Å²) in [6.45, 7) is 11.1. The van der Waals surface area contributed by atoms with Gasteiger partial charge in [-0.15, -0.1) is 0 Å². The number of amides is 2. The molecule has 0 radical (unpaired) electrons. The van der Waals surface area contributed by atoms with Gasteiger partial charge in [0, 0.05) is 11.1 Å². The fraction of sp³-hybridized carbons (Fsp3) is 0.500. The largest absolute Gasteiger partial charge is 0.344 e. The van der Waals surface area contributed by atoms with Gasteiger partial charge in [-0.3, -0.25) is 9.59 Å². The summed E-state index contributed by atoms with van der Waals surface area (Å²) in [6, 6.07) is 5.29. The summed E-state index contributed by atoms with van der Waals surface area (Å²) in [4.78, 5) is 23.9. The lowest BCUT2D eigenvalue weighted by Gasteiger charge is -2.21. The fourth-order valence-electron chi connectivity index (χ4n) is 1.78. The molecule has 0 saturated carbocycles. The minimum atomic E-state index is -0.567. The number of anilines is 1. The first kappa shape index (κ1) is 16.2. The van der Waals surface area contributed by atoms with Crippen LogP contribution in [0.1, 0.15) is 38.8 Å². The van der Waals surface area contributed by atoms with Crippen LogP contribution in [0.5, 0.6) is 0 Å². The van der Waals surface area contributed by atoms with Crippen LogP contribution in [-0.4, -0.2) is 17.9 Å². The third-order valence-corrected chi connectivity index (χ3v) is 2.91. The number of hydrogen-bond donors (Lipinski definition) is 2. The van der Waals surface area contributed by atoms with E-state index < -0.39 is 11.5 Å². The first-order valence-electron chi connectivity index (χ1n) is 6.79. The van der Waals surface area contributed by atoms with Gasteiger partial charge in [0.25, 0.3) is 0 Å². The number of carbonyl (C=O) groups excluding carboxylic acids is 2. The minimum absolute atomic E-state index is 0.138. The molecule has 0 saturated heterocycles. The zero-order valence-electron chi connectivity index (χ0n) is 13.1. The lowest BCUT2D eigenvalue weighted by molar-refractivity contribution is -0.131. The highest BCUT2D eigenvalue weighted by molar-refractivity contribution is 5.97. The van der Waals surface area contributed by atoms with Crippen molar-refractivity contribution >= 4 is 17.5 Å². The molecular weight excluding hydrogens is 252 g/mol. The normalized spacial score (nSPS) is 12.7. The van der Waals surface area contributed by atoms with Crippen molar-refractivity contribution in [3.63, 3.8) is 0 Å². The molecule has 0 aliphatic carbocycles. The lowest BCUT2D eigenvalue weighted by atomic mass is 9.95. The van der Waals surface area contributed by atoms with Crippen LogP contribution in [0, 0.1) is 19.3 Å². The fourth-order valence-corrected chi connectivity index (χ4v) is 1.78. The molecule has 0 aliphatic heterocycles. The molecule has 4 nitrogen and oxygen atoms in total. The number of benzene rings is 1. The Balaban J connectivity index is 2.69. The SMILES string of the molecule is Cc1cc(C)cc(NC(=O)[C@@H](C)NC(=O)C(C)(C)C)c1. The Hall–Kier alpha value is -1.84. The minimum Gasteiger partial charge on any atom is -0.344 e. The maximum atomic E-state index is 12.1. The molecule has 0 aromatic heterocycles.